The zero-order chi connectivity index (χ0) is 15.1. The van der Waals surface area contributed by atoms with Crippen LogP contribution in [0.25, 0.3) is 33.1 Å². The van der Waals surface area contributed by atoms with Crippen LogP contribution in [0.5, 0.6) is 5.88 Å². The molecule has 0 bridgehead atoms. The fraction of sp³-hybridized carbons (Fsp3) is 0. The van der Waals surface area contributed by atoms with E-state index in [1.807, 2.05) is 30.3 Å². The Hall–Kier alpha value is -3.46. The molecule has 4 rings (SSSR count). The molecule has 0 aliphatic carbocycles. The highest BCUT2D eigenvalue weighted by molar-refractivity contribution is 6.04. The summed E-state index contributed by atoms with van der Waals surface area (Å²) in [6.07, 6.45) is 0. The van der Waals surface area contributed by atoms with Crippen LogP contribution >= 0.6 is 0 Å². The van der Waals surface area contributed by atoms with E-state index in [2.05, 4.69) is 26.5 Å². The summed E-state index contributed by atoms with van der Waals surface area (Å²) in [5.74, 6) is -0.159. The smallest absolute Gasteiger partial charge is 0.258 e. The Morgan fingerprint density at radius 2 is 1.77 bits per heavy atom. The molecule has 22 heavy (non-hydrogen) atoms. The molecule has 6 nitrogen and oxygen atoms in total. The maximum absolute atomic E-state index is 9.64. The Bertz CT molecular complexity index is 1040. The van der Waals surface area contributed by atoms with E-state index >= 15 is 0 Å². The van der Waals surface area contributed by atoms with E-state index in [-0.39, 0.29) is 5.88 Å². The molecule has 4 aromatic rings. The fourth-order valence-corrected chi connectivity index (χ4v) is 2.45. The van der Waals surface area contributed by atoms with Crippen molar-refractivity contribution < 1.29 is 5.11 Å². The minimum Gasteiger partial charge on any atom is -0.491 e. The largest absolute Gasteiger partial charge is 0.491 e. The van der Waals surface area contributed by atoms with Crippen LogP contribution in [0, 0.1) is 11.3 Å². The predicted octanol–water partition coefficient (Wildman–Crippen LogP) is 2.75. The monoisotopic (exact) mass is 287 g/mol. The van der Waals surface area contributed by atoms with Crippen LogP contribution in [0.3, 0.4) is 0 Å². The second-order valence-electron chi connectivity index (χ2n) is 4.89. The van der Waals surface area contributed by atoms with Crippen molar-refractivity contribution in [1.82, 2.24) is 20.4 Å². The number of rotatable bonds is 1. The molecule has 6 heteroatoms. The van der Waals surface area contributed by atoms with Gasteiger partial charge in [-0.3, -0.25) is 5.10 Å². The lowest BCUT2D eigenvalue weighted by atomic mass is 10.0. The molecule has 0 aliphatic rings. The van der Waals surface area contributed by atoms with Gasteiger partial charge in [0.15, 0.2) is 5.52 Å². The highest BCUT2D eigenvalue weighted by Gasteiger charge is 2.11. The molecular weight excluding hydrogens is 278 g/mol. The second-order valence-corrected chi connectivity index (χ2v) is 4.89. The van der Waals surface area contributed by atoms with Crippen LogP contribution in [0.2, 0.25) is 0 Å². The van der Waals surface area contributed by atoms with Crippen LogP contribution in [0.4, 0.5) is 0 Å². The van der Waals surface area contributed by atoms with E-state index in [1.165, 1.54) is 0 Å². The molecule has 104 valence electrons. The van der Waals surface area contributed by atoms with Gasteiger partial charge in [0, 0.05) is 5.39 Å². The molecule has 0 atom stereocenters. The lowest BCUT2D eigenvalue weighted by Crippen LogP contribution is -1.87. The molecule has 0 fully saturated rings. The number of aromatic amines is 1. The maximum Gasteiger partial charge on any atom is 0.258 e. The topological polar surface area (TPSA) is 98.5 Å². The summed E-state index contributed by atoms with van der Waals surface area (Å²) in [6, 6.07) is 15.2. The van der Waals surface area contributed by atoms with Crippen molar-refractivity contribution in [3.8, 4) is 23.1 Å². The Labute approximate surface area is 124 Å². The van der Waals surface area contributed by atoms with Gasteiger partial charge in [0.1, 0.15) is 0 Å². The van der Waals surface area contributed by atoms with Crippen molar-refractivity contribution in [1.29, 1.82) is 5.26 Å². The Morgan fingerprint density at radius 3 is 2.55 bits per heavy atom. The van der Waals surface area contributed by atoms with Crippen molar-refractivity contribution in [2.24, 2.45) is 0 Å². The first-order valence-corrected chi connectivity index (χ1v) is 6.60. The van der Waals surface area contributed by atoms with Gasteiger partial charge in [0.2, 0.25) is 0 Å². The minimum atomic E-state index is -0.159. The average molecular weight is 287 g/mol. The van der Waals surface area contributed by atoms with Gasteiger partial charge in [-0.1, -0.05) is 18.2 Å². The molecule has 0 saturated heterocycles. The minimum absolute atomic E-state index is 0.159. The fourth-order valence-electron chi connectivity index (χ4n) is 2.45. The summed E-state index contributed by atoms with van der Waals surface area (Å²) in [6.45, 7) is 0. The summed E-state index contributed by atoms with van der Waals surface area (Å²) in [4.78, 5) is 0. The van der Waals surface area contributed by atoms with Gasteiger partial charge in [-0.25, -0.2) is 0 Å². The first-order chi connectivity index (χ1) is 10.8. The molecule has 2 aromatic carbocycles. The SMILES string of the molecule is N#Cc1ccc(-c2ccc3nnc4c(O)n[nH]c4c3c2)cc1. The summed E-state index contributed by atoms with van der Waals surface area (Å²) < 4.78 is 0. The summed E-state index contributed by atoms with van der Waals surface area (Å²) in [5.41, 5.74) is 4.32. The lowest BCUT2D eigenvalue weighted by Gasteiger charge is -2.04. The van der Waals surface area contributed by atoms with Crippen molar-refractivity contribution in [3.05, 3.63) is 48.0 Å². The van der Waals surface area contributed by atoms with Crippen molar-refractivity contribution >= 4 is 21.9 Å². The Morgan fingerprint density at radius 1 is 1.00 bits per heavy atom. The standard InChI is InChI=1S/C16H9N5O/c17-8-9-1-3-10(4-2-9)11-5-6-13-12(7-11)14-15(20-18-13)16(22)21-19-14/h1-7H,(H2,19,21,22). The number of nitriles is 1. The number of hydrogen-bond donors (Lipinski definition) is 2. The maximum atomic E-state index is 9.64. The highest BCUT2D eigenvalue weighted by atomic mass is 16.3. The quantitative estimate of drug-likeness (QED) is 0.561. The third kappa shape index (κ3) is 1.77. The van der Waals surface area contributed by atoms with E-state index in [0.29, 0.717) is 22.1 Å². The van der Waals surface area contributed by atoms with E-state index in [0.717, 1.165) is 16.5 Å². The van der Waals surface area contributed by atoms with Gasteiger partial charge < -0.3 is 5.11 Å². The third-order valence-corrected chi connectivity index (χ3v) is 3.59. The summed E-state index contributed by atoms with van der Waals surface area (Å²) >= 11 is 0. The number of nitrogens with zero attached hydrogens (tertiary/aromatic N) is 4. The zero-order valence-electron chi connectivity index (χ0n) is 11.3. The van der Waals surface area contributed by atoms with Gasteiger partial charge in [-0.2, -0.15) is 5.26 Å². The molecular formula is C16H9N5O. The van der Waals surface area contributed by atoms with Gasteiger partial charge in [-0.05, 0) is 35.4 Å². The Kier molecular flexibility index (Phi) is 2.53. The van der Waals surface area contributed by atoms with Crippen LogP contribution in [0.1, 0.15) is 5.56 Å². The number of hydrogen-bond acceptors (Lipinski definition) is 5. The lowest BCUT2D eigenvalue weighted by molar-refractivity contribution is 0.456. The average Bonchev–Trinajstić information content (AvgIpc) is 2.96. The number of nitrogens with one attached hydrogen (secondary N) is 1. The number of fused-ring (bicyclic) bond motifs is 3. The molecule has 2 N–H and O–H groups in total. The molecule has 0 unspecified atom stereocenters. The van der Waals surface area contributed by atoms with Crippen LogP contribution in [-0.4, -0.2) is 25.5 Å². The number of aromatic nitrogens is 4. The van der Waals surface area contributed by atoms with Gasteiger partial charge in [0.05, 0.1) is 22.7 Å². The van der Waals surface area contributed by atoms with E-state index < -0.39 is 0 Å². The van der Waals surface area contributed by atoms with Gasteiger partial charge in [-0.15, -0.1) is 15.3 Å². The normalized spacial score (nSPS) is 10.9. The third-order valence-electron chi connectivity index (χ3n) is 3.59. The summed E-state index contributed by atoms with van der Waals surface area (Å²) in [7, 11) is 0. The molecule has 0 spiro atoms. The van der Waals surface area contributed by atoms with Crippen LogP contribution in [-0.2, 0) is 0 Å². The molecule has 0 saturated carbocycles. The summed E-state index contributed by atoms with van der Waals surface area (Å²) in [5, 5.41) is 33.9. The van der Waals surface area contributed by atoms with Gasteiger partial charge in [0.25, 0.3) is 5.88 Å². The number of aromatic hydroxyl groups is 1. The highest BCUT2D eigenvalue weighted by Crippen LogP contribution is 2.29. The Balaban J connectivity index is 1.95. The van der Waals surface area contributed by atoms with Crippen LogP contribution < -0.4 is 0 Å². The molecule has 2 aromatic heterocycles. The van der Waals surface area contributed by atoms with E-state index in [1.54, 1.807) is 12.1 Å². The molecule has 2 heterocycles. The predicted molar refractivity (Wildman–Crippen MR) is 81.0 cm³/mol. The van der Waals surface area contributed by atoms with Crippen molar-refractivity contribution in [3.63, 3.8) is 0 Å². The number of H-pyrrole nitrogens is 1. The molecule has 0 radical (unpaired) electrons. The first kappa shape index (κ1) is 12.3. The zero-order valence-corrected chi connectivity index (χ0v) is 11.3. The van der Waals surface area contributed by atoms with Gasteiger partial charge >= 0.3 is 0 Å². The van der Waals surface area contributed by atoms with E-state index in [4.69, 9.17) is 5.26 Å². The molecule has 0 aliphatic heterocycles. The second kappa shape index (κ2) is 4.53. The van der Waals surface area contributed by atoms with Crippen LogP contribution in [0.15, 0.2) is 42.5 Å². The first-order valence-electron chi connectivity index (χ1n) is 6.60. The molecule has 0 amide bonds. The van der Waals surface area contributed by atoms with Crippen molar-refractivity contribution in [2.75, 3.05) is 0 Å². The van der Waals surface area contributed by atoms with E-state index in [9.17, 15) is 5.11 Å². The number of benzene rings is 2. The van der Waals surface area contributed by atoms with Crippen molar-refractivity contribution in [2.45, 2.75) is 0 Å².